The van der Waals surface area contributed by atoms with Crippen LogP contribution in [-0.4, -0.2) is 65.4 Å². The number of carbonyl (C=O) groups excluding carboxylic acids is 3. The number of pyridine rings is 1. The largest absolute Gasteiger partial charge is 0.471 e. The molecule has 0 spiro atoms. The van der Waals surface area contributed by atoms with Gasteiger partial charge in [-0.05, 0) is 45.3 Å². The third kappa shape index (κ3) is 13.7. The van der Waals surface area contributed by atoms with E-state index in [2.05, 4.69) is 42.0 Å². The molecule has 2 unspecified atom stereocenters. The highest BCUT2D eigenvalue weighted by molar-refractivity contribution is 9.10. The minimum absolute atomic E-state index is 0.0484. The number of nitrogens with one attached hydrogen (secondary N) is 4. The molecule has 1 aliphatic rings. The Bertz CT molecular complexity index is 1080. The fourth-order valence-corrected chi connectivity index (χ4v) is 3.48. The Morgan fingerprint density at radius 3 is 2.17 bits per heavy atom. The summed E-state index contributed by atoms with van der Waals surface area (Å²) in [4.78, 5) is 34.0. The molecule has 0 aromatic carbocycles. The number of likely N-dealkylation sites (tertiary alicyclic amines) is 1. The monoisotopic (exact) mass is 635 g/mol. The van der Waals surface area contributed by atoms with Gasteiger partial charge in [0, 0.05) is 13.1 Å². The van der Waals surface area contributed by atoms with E-state index in [1.807, 2.05) is 34.6 Å². The Labute approximate surface area is 242 Å². The second kappa shape index (κ2) is 18.2. The highest BCUT2D eigenvalue weighted by Crippen LogP contribution is 2.34. The molecule has 1 fully saturated rings. The molecule has 14 heteroatoms. The molecule has 2 atom stereocenters. The number of halogens is 4. The molecule has 1 saturated heterocycles. The summed E-state index contributed by atoms with van der Waals surface area (Å²) in [7, 11) is 0. The molecule has 1 aliphatic heterocycles. The summed E-state index contributed by atoms with van der Waals surface area (Å²) in [5.74, 6) is -1.64. The van der Waals surface area contributed by atoms with Crippen molar-refractivity contribution in [3.63, 3.8) is 0 Å². The average molecular weight is 637 g/mol. The molecule has 3 amide bonds. The first-order chi connectivity index (χ1) is 18.4. The molecule has 2 heterocycles. The molecule has 10 nitrogen and oxygen atoms in total. The fraction of sp³-hybridized carbons (Fsp3) is 0.615. The number of nitriles is 1. The van der Waals surface area contributed by atoms with Crippen molar-refractivity contribution in [2.24, 2.45) is 17.3 Å². The SMILES string of the molecule is CC.CC(C)C.CC1CN(C(=O)CNC(=O)C(F)(F)F)CC1(C)C.N#CC(NC=O)C(=N)n1c(Br)cccc1=N. The Kier molecular flexibility index (Phi) is 17.7. The predicted molar refractivity (Wildman–Crippen MR) is 150 cm³/mol. The fourth-order valence-electron chi connectivity index (χ4n) is 2.95. The number of alkyl halides is 3. The van der Waals surface area contributed by atoms with Crippen LogP contribution in [0.15, 0.2) is 22.8 Å². The van der Waals surface area contributed by atoms with Crippen molar-refractivity contribution in [3.8, 4) is 6.07 Å². The van der Waals surface area contributed by atoms with Gasteiger partial charge in [0.05, 0.1) is 17.2 Å². The summed E-state index contributed by atoms with van der Waals surface area (Å²) in [6.07, 6.45) is -4.60. The van der Waals surface area contributed by atoms with Gasteiger partial charge < -0.3 is 15.5 Å². The average Bonchev–Trinajstić information content (AvgIpc) is 3.13. The highest BCUT2D eigenvalue weighted by atomic mass is 79.9. The zero-order valence-electron chi connectivity index (χ0n) is 24.2. The molecule has 4 N–H and O–H groups in total. The van der Waals surface area contributed by atoms with Gasteiger partial charge >= 0.3 is 12.1 Å². The molecular weight excluding hydrogens is 595 g/mol. The minimum Gasteiger partial charge on any atom is -0.340 e. The number of rotatable bonds is 5. The molecule has 0 bridgehead atoms. The van der Waals surface area contributed by atoms with E-state index in [0.29, 0.717) is 24.1 Å². The summed E-state index contributed by atoms with van der Waals surface area (Å²) >= 11 is 3.17. The van der Waals surface area contributed by atoms with Gasteiger partial charge in [-0.15, -0.1) is 0 Å². The number of aromatic nitrogens is 1. The lowest BCUT2D eigenvalue weighted by Gasteiger charge is -2.22. The molecular formula is C26H41BrF3N7O3. The summed E-state index contributed by atoms with van der Waals surface area (Å²) < 4.78 is 37.5. The first-order valence-corrected chi connectivity index (χ1v) is 13.4. The van der Waals surface area contributed by atoms with Crippen LogP contribution in [-0.2, 0) is 14.4 Å². The quantitative estimate of drug-likeness (QED) is 0.167. The zero-order chi connectivity index (χ0) is 31.8. The molecule has 0 aliphatic carbocycles. The Morgan fingerprint density at radius 2 is 1.80 bits per heavy atom. The van der Waals surface area contributed by atoms with Crippen LogP contribution in [0.3, 0.4) is 0 Å². The molecule has 40 heavy (non-hydrogen) atoms. The second-order valence-corrected chi connectivity index (χ2v) is 10.7. The molecule has 0 saturated carbocycles. The highest BCUT2D eigenvalue weighted by Gasteiger charge is 2.41. The number of amides is 3. The number of hydrogen-bond acceptors (Lipinski definition) is 6. The lowest BCUT2D eigenvalue weighted by Crippen LogP contribution is -2.44. The zero-order valence-corrected chi connectivity index (χ0v) is 25.8. The smallest absolute Gasteiger partial charge is 0.340 e. The van der Waals surface area contributed by atoms with Crippen LogP contribution in [0.4, 0.5) is 13.2 Å². The van der Waals surface area contributed by atoms with Crippen molar-refractivity contribution in [2.45, 2.75) is 67.6 Å². The van der Waals surface area contributed by atoms with Crippen molar-refractivity contribution in [1.29, 1.82) is 16.1 Å². The summed E-state index contributed by atoms with van der Waals surface area (Å²) in [5.41, 5.74) is -0.00344. The van der Waals surface area contributed by atoms with E-state index >= 15 is 0 Å². The second-order valence-electron chi connectivity index (χ2n) is 9.88. The van der Waals surface area contributed by atoms with Gasteiger partial charge in [0.2, 0.25) is 12.3 Å². The van der Waals surface area contributed by atoms with Gasteiger partial charge in [-0.1, -0.05) is 61.5 Å². The Morgan fingerprint density at radius 1 is 1.27 bits per heavy atom. The maximum Gasteiger partial charge on any atom is 0.471 e. The van der Waals surface area contributed by atoms with Crippen LogP contribution in [0, 0.1) is 39.4 Å². The summed E-state index contributed by atoms with van der Waals surface area (Å²) in [5, 5.41) is 27.9. The van der Waals surface area contributed by atoms with Gasteiger partial charge in [0.15, 0.2) is 6.04 Å². The number of nitrogens with zero attached hydrogens (tertiary/aromatic N) is 3. The van der Waals surface area contributed by atoms with E-state index in [9.17, 15) is 27.6 Å². The maximum atomic E-state index is 11.9. The van der Waals surface area contributed by atoms with Crippen LogP contribution in [0.5, 0.6) is 0 Å². The van der Waals surface area contributed by atoms with Crippen molar-refractivity contribution < 1.29 is 27.6 Å². The van der Waals surface area contributed by atoms with Gasteiger partial charge in [-0.2, -0.15) is 18.4 Å². The topological polar surface area (TPSA) is 155 Å². The van der Waals surface area contributed by atoms with Crippen LogP contribution in [0.1, 0.15) is 55.4 Å². The lowest BCUT2D eigenvalue weighted by molar-refractivity contribution is -0.174. The standard InChI is InChI=1S/C11H17F3N2O2.C9H8BrN5O.C4H10.C2H6/c1-7-5-16(6-10(7,2)3)8(17)4-15-9(18)11(12,13)14;10-7-2-1-3-8(12)15(7)9(13)6(4-11)14-5-16;1-4(2)3;1-2/h7H,4-6H2,1-3H3,(H,15,18);1-3,5-6,12-13H,(H,14,16);4H,1-3H3;1-2H3. The molecule has 0 radical (unpaired) electrons. The molecule has 226 valence electrons. The van der Waals surface area contributed by atoms with Crippen LogP contribution in [0.25, 0.3) is 0 Å². The predicted octanol–water partition coefficient (Wildman–Crippen LogP) is 4.05. The number of carbonyl (C=O) groups is 3. The first kappa shape index (κ1) is 38.9. The molecule has 1 aromatic heterocycles. The summed E-state index contributed by atoms with van der Waals surface area (Å²) in [6.45, 7) is 16.9. The van der Waals surface area contributed by atoms with E-state index in [1.165, 1.54) is 15.5 Å². The van der Waals surface area contributed by atoms with E-state index in [0.717, 1.165) is 5.92 Å². The van der Waals surface area contributed by atoms with Crippen LogP contribution >= 0.6 is 15.9 Å². The van der Waals surface area contributed by atoms with Gasteiger partial charge in [0.25, 0.3) is 0 Å². The third-order valence-electron chi connectivity index (χ3n) is 5.26. The van der Waals surface area contributed by atoms with Crippen molar-refractivity contribution in [1.82, 2.24) is 20.1 Å². The lowest BCUT2D eigenvalue weighted by atomic mass is 9.84. The summed E-state index contributed by atoms with van der Waals surface area (Å²) in [6, 6.07) is 5.45. The molecule has 1 aromatic rings. The van der Waals surface area contributed by atoms with Crippen LogP contribution < -0.4 is 16.1 Å². The molecule has 2 rings (SSSR count). The van der Waals surface area contributed by atoms with E-state index in [-0.39, 0.29) is 22.7 Å². The minimum atomic E-state index is -4.95. The van der Waals surface area contributed by atoms with Crippen molar-refractivity contribution in [2.75, 3.05) is 19.6 Å². The van der Waals surface area contributed by atoms with E-state index < -0.39 is 30.6 Å². The maximum absolute atomic E-state index is 11.9. The first-order valence-electron chi connectivity index (χ1n) is 12.6. The Balaban J connectivity index is 0. The van der Waals surface area contributed by atoms with Gasteiger partial charge in [-0.25, -0.2) is 0 Å². The van der Waals surface area contributed by atoms with E-state index in [4.69, 9.17) is 16.1 Å². The number of hydrogen-bond donors (Lipinski definition) is 4. The third-order valence-corrected chi connectivity index (χ3v) is 5.88. The van der Waals surface area contributed by atoms with Gasteiger partial charge in [0.1, 0.15) is 11.3 Å². The van der Waals surface area contributed by atoms with Crippen molar-refractivity contribution >= 4 is 40.0 Å². The van der Waals surface area contributed by atoms with E-state index in [1.54, 1.807) is 23.5 Å². The normalized spacial score (nSPS) is 15.9. The van der Waals surface area contributed by atoms with Crippen LogP contribution in [0.2, 0.25) is 0 Å². The Hall–Kier alpha value is -3.21. The van der Waals surface area contributed by atoms with Gasteiger partial charge in [-0.3, -0.25) is 29.8 Å². The van der Waals surface area contributed by atoms with Crippen molar-refractivity contribution in [3.05, 3.63) is 28.3 Å².